The highest BCUT2D eigenvalue weighted by Gasteiger charge is 2.31. The lowest BCUT2D eigenvalue weighted by Crippen LogP contribution is -2.36. The number of ether oxygens (including phenoxy) is 1. The maximum atomic E-state index is 5.22. The molecule has 0 aliphatic heterocycles. The monoisotopic (exact) mass is 317 g/mol. The highest BCUT2D eigenvalue weighted by Crippen LogP contribution is 2.36. The van der Waals surface area contributed by atoms with Crippen LogP contribution in [0.5, 0.6) is 0 Å². The average molecular weight is 318 g/mol. The largest absolute Gasteiger partial charge is 0.383 e. The molecular weight excluding hydrogens is 298 g/mol. The Kier molecular flexibility index (Phi) is 5.03. The van der Waals surface area contributed by atoms with E-state index in [0.29, 0.717) is 6.04 Å². The minimum absolute atomic E-state index is 0.686. The van der Waals surface area contributed by atoms with Gasteiger partial charge in [-0.3, -0.25) is 4.90 Å². The third-order valence-electron chi connectivity index (χ3n) is 3.45. The summed E-state index contributed by atoms with van der Waals surface area (Å²) in [7, 11) is 1.78. The number of hydrogen-bond donors (Lipinski definition) is 0. The van der Waals surface area contributed by atoms with Gasteiger partial charge < -0.3 is 4.74 Å². The van der Waals surface area contributed by atoms with Crippen LogP contribution in [0.4, 0.5) is 0 Å². The van der Waals surface area contributed by atoms with E-state index >= 15 is 0 Å². The van der Waals surface area contributed by atoms with Crippen LogP contribution in [0.3, 0.4) is 0 Å². The van der Waals surface area contributed by atoms with E-state index in [0.717, 1.165) is 25.6 Å². The summed E-state index contributed by atoms with van der Waals surface area (Å²) < 4.78 is 6.44. The number of methoxy groups -OCH3 is 1. The van der Waals surface area contributed by atoms with Crippen molar-refractivity contribution in [3.8, 4) is 0 Å². The zero-order valence-electron chi connectivity index (χ0n) is 10.5. The quantitative estimate of drug-likeness (QED) is 0.759. The molecule has 1 aromatic rings. The number of halogens is 1. The Morgan fingerprint density at radius 1 is 1.53 bits per heavy atom. The molecule has 1 atom stereocenters. The summed E-state index contributed by atoms with van der Waals surface area (Å²) in [5, 5.41) is 0. The van der Waals surface area contributed by atoms with Crippen LogP contribution in [0.25, 0.3) is 0 Å². The molecule has 1 unspecified atom stereocenters. The Labute approximate surface area is 116 Å². The van der Waals surface area contributed by atoms with Crippen LogP contribution in [-0.2, 0) is 11.3 Å². The summed E-state index contributed by atoms with van der Waals surface area (Å²) in [6, 6.07) is 5.04. The van der Waals surface area contributed by atoms with Gasteiger partial charge in [-0.2, -0.15) is 0 Å². The zero-order chi connectivity index (χ0) is 12.3. The topological polar surface area (TPSA) is 12.5 Å². The molecule has 0 bridgehead atoms. The van der Waals surface area contributed by atoms with Crippen molar-refractivity contribution in [1.29, 1.82) is 0 Å². The molecule has 4 heteroatoms. The van der Waals surface area contributed by atoms with Crippen LogP contribution in [0.2, 0.25) is 0 Å². The Morgan fingerprint density at radius 3 is 2.82 bits per heavy atom. The van der Waals surface area contributed by atoms with Crippen molar-refractivity contribution in [1.82, 2.24) is 4.90 Å². The van der Waals surface area contributed by atoms with Gasteiger partial charge in [0.15, 0.2) is 0 Å². The van der Waals surface area contributed by atoms with Crippen molar-refractivity contribution in [2.75, 3.05) is 20.3 Å². The zero-order valence-corrected chi connectivity index (χ0v) is 12.9. The fourth-order valence-electron chi connectivity index (χ4n) is 2.15. The number of rotatable bonds is 7. The van der Waals surface area contributed by atoms with E-state index in [9.17, 15) is 0 Å². The van der Waals surface area contributed by atoms with Crippen molar-refractivity contribution in [2.24, 2.45) is 5.92 Å². The Hall–Kier alpha value is 0.1000. The number of nitrogens with zero attached hydrogens (tertiary/aromatic N) is 1. The molecule has 1 fully saturated rings. The Morgan fingerprint density at radius 2 is 2.29 bits per heavy atom. The van der Waals surface area contributed by atoms with Crippen LogP contribution >= 0.6 is 27.3 Å². The van der Waals surface area contributed by atoms with Crippen LogP contribution < -0.4 is 0 Å². The minimum Gasteiger partial charge on any atom is -0.383 e. The highest BCUT2D eigenvalue weighted by molar-refractivity contribution is 9.11. The third kappa shape index (κ3) is 4.05. The van der Waals surface area contributed by atoms with E-state index in [-0.39, 0.29) is 0 Å². The van der Waals surface area contributed by atoms with E-state index in [4.69, 9.17) is 4.74 Å². The first-order valence-corrected chi connectivity index (χ1v) is 7.79. The summed E-state index contributed by atoms with van der Waals surface area (Å²) in [6.07, 6.45) is 2.80. The molecule has 1 aliphatic rings. The van der Waals surface area contributed by atoms with Gasteiger partial charge in [0.05, 0.1) is 10.4 Å². The normalized spacial score (nSPS) is 17.6. The maximum absolute atomic E-state index is 5.22. The van der Waals surface area contributed by atoms with Gasteiger partial charge in [-0.05, 0) is 53.7 Å². The molecule has 2 rings (SSSR count). The lowest BCUT2D eigenvalue weighted by molar-refractivity contribution is 0.112. The van der Waals surface area contributed by atoms with Crippen molar-refractivity contribution >= 4 is 27.3 Å². The van der Waals surface area contributed by atoms with Gasteiger partial charge in [0, 0.05) is 31.1 Å². The molecule has 0 saturated heterocycles. The predicted octanol–water partition coefficient (Wildman–Crippen LogP) is 3.76. The highest BCUT2D eigenvalue weighted by atomic mass is 79.9. The standard InChI is InChI=1S/C13H20BrNOS/c1-10(11-3-4-11)15(7-8-16-2)9-12-5-6-13(14)17-12/h5-6,10-11H,3-4,7-9H2,1-2H3. The molecule has 2 nitrogen and oxygen atoms in total. The number of thiophene rings is 1. The molecular formula is C13H20BrNOS. The second kappa shape index (κ2) is 6.32. The maximum Gasteiger partial charge on any atom is 0.0701 e. The van der Waals surface area contributed by atoms with Gasteiger partial charge in [0.2, 0.25) is 0 Å². The molecule has 0 aromatic carbocycles. The van der Waals surface area contributed by atoms with Crippen molar-refractivity contribution in [3.63, 3.8) is 0 Å². The minimum atomic E-state index is 0.686. The fourth-order valence-corrected chi connectivity index (χ4v) is 3.66. The molecule has 96 valence electrons. The van der Waals surface area contributed by atoms with Gasteiger partial charge in [-0.25, -0.2) is 0 Å². The van der Waals surface area contributed by atoms with E-state index in [1.165, 1.54) is 21.5 Å². The Balaban J connectivity index is 1.93. The smallest absolute Gasteiger partial charge is 0.0701 e. The molecule has 1 heterocycles. The summed E-state index contributed by atoms with van der Waals surface area (Å²) >= 11 is 5.36. The number of hydrogen-bond acceptors (Lipinski definition) is 3. The molecule has 1 aliphatic carbocycles. The third-order valence-corrected chi connectivity index (χ3v) is 5.06. The SMILES string of the molecule is COCCN(Cc1ccc(Br)s1)C(C)C1CC1. The van der Waals surface area contributed by atoms with Gasteiger partial charge >= 0.3 is 0 Å². The first kappa shape index (κ1) is 13.5. The van der Waals surface area contributed by atoms with Crippen LogP contribution in [0.1, 0.15) is 24.6 Å². The summed E-state index contributed by atoms with van der Waals surface area (Å²) in [5.41, 5.74) is 0. The summed E-state index contributed by atoms with van der Waals surface area (Å²) in [4.78, 5) is 3.99. The molecule has 1 aromatic heterocycles. The van der Waals surface area contributed by atoms with Crippen LogP contribution in [0.15, 0.2) is 15.9 Å². The van der Waals surface area contributed by atoms with Gasteiger partial charge in [0.1, 0.15) is 0 Å². The van der Waals surface area contributed by atoms with Crippen molar-refractivity contribution < 1.29 is 4.74 Å². The van der Waals surface area contributed by atoms with E-state index < -0.39 is 0 Å². The lowest BCUT2D eigenvalue weighted by atomic mass is 10.2. The fraction of sp³-hybridized carbons (Fsp3) is 0.692. The first-order valence-electron chi connectivity index (χ1n) is 6.18. The first-order chi connectivity index (χ1) is 8.20. The predicted molar refractivity (Wildman–Crippen MR) is 76.5 cm³/mol. The van der Waals surface area contributed by atoms with E-state index in [1.54, 1.807) is 7.11 Å². The van der Waals surface area contributed by atoms with E-state index in [2.05, 4.69) is 39.9 Å². The van der Waals surface area contributed by atoms with Crippen molar-refractivity contribution in [2.45, 2.75) is 32.4 Å². The molecule has 0 radical (unpaired) electrons. The molecule has 0 spiro atoms. The second-order valence-electron chi connectivity index (χ2n) is 4.75. The Bertz CT molecular complexity index is 351. The van der Waals surface area contributed by atoms with Gasteiger partial charge in [-0.1, -0.05) is 0 Å². The van der Waals surface area contributed by atoms with Crippen LogP contribution in [-0.4, -0.2) is 31.2 Å². The summed E-state index contributed by atoms with van der Waals surface area (Å²) in [5.74, 6) is 0.912. The second-order valence-corrected chi connectivity index (χ2v) is 7.29. The van der Waals surface area contributed by atoms with Crippen molar-refractivity contribution in [3.05, 3.63) is 20.8 Å². The molecule has 1 saturated carbocycles. The van der Waals surface area contributed by atoms with Crippen LogP contribution in [0, 0.1) is 5.92 Å². The van der Waals surface area contributed by atoms with E-state index in [1.807, 2.05) is 11.3 Å². The average Bonchev–Trinajstić information content (AvgIpc) is 3.08. The molecule has 0 amide bonds. The van der Waals surface area contributed by atoms with Gasteiger partial charge in [-0.15, -0.1) is 11.3 Å². The van der Waals surface area contributed by atoms with Gasteiger partial charge in [0.25, 0.3) is 0 Å². The molecule has 17 heavy (non-hydrogen) atoms. The lowest BCUT2D eigenvalue weighted by Gasteiger charge is -2.28. The summed E-state index contributed by atoms with van der Waals surface area (Å²) in [6.45, 7) is 5.26. The molecule has 0 N–H and O–H groups in total.